The van der Waals surface area contributed by atoms with Gasteiger partial charge in [-0.05, 0) is 19.3 Å². The van der Waals surface area contributed by atoms with Crippen LogP contribution in [-0.4, -0.2) is 19.1 Å². The van der Waals surface area contributed by atoms with Gasteiger partial charge >= 0.3 is 0 Å². The van der Waals surface area contributed by atoms with E-state index in [-0.39, 0.29) is 10.0 Å². The largest absolute Gasteiger partial charge is 0.395 e. The molecule has 0 fully saturated rings. The highest BCUT2D eigenvalue weighted by Gasteiger charge is 2.32. The standard InChI is InChI=1S/C9H18I2O/c1-4-5-7(2)8(10)9(3,11)6-12/h7-8,12H,4-6H2,1-3H3. The molecule has 0 radical (unpaired) electrons. The third-order valence-corrected chi connectivity index (χ3v) is 6.93. The number of aliphatic hydroxyl groups excluding tert-OH is 1. The second-order valence-corrected chi connectivity index (χ2v) is 7.41. The van der Waals surface area contributed by atoms with Gasteiger partial charge in [-0.15, -0.1) is 0 Å². The van der Waals surface area contributed by atoms with E-state index in [1.165, 1.54) is 12.8 Å². The molecule has 74 valence electrons. The molecule has 0 spiro atoms. The fourth-order valence-corrected chi connectivity index (χ4v) is 2.45. The Morgan fingerprint density at radius 2 is 2.00 bits per heavy atom. The summed E-state index contributed by atoms with van der Waals surface area (Å²) < 4.78 is 0.591. The van der Waals surface area contributed by atoms with Crippen molar-refractivity contribution in [2.24, 2.45) is 5.92 Å². The van der Waals surface area contributed by atoms with E-state index in [4.69, 9.17) is 5.11 Å². The number of alkyl halides is 2. The Morgan fingerprint density at radius 1 is 1.50 bits per heavy atom. The lowest BCUT2D eigenvalue weighted by Gasteiger charge is -2.30. The van der Waals surface area contributed by atoms with Crippen molar-refractivity contribution in [3.05, 3.63) is 0 Å². The summed E-state index contributed by atoms with van der Waals surface area (Å²) in [7, 11) is 0. The van der Waals surface area contributed by atoms with Crippen LogP contribution in [0.2, 0.25) is 0 Å². The quantitative estimate of drug-likeness (QED) is 0.558. The summed E-state index contributed by atoms with van der Waals surface area (Å²) in [5, 5.41) is 9.17. The third-order valence-electron chi connectivity index (χ3n) is 2.13. The highest BCUT2D eigenvalue weighted by atomic mass is 127. The zero-order chi connectivity index (χ0) is 9.78. The second-order valence-electron chi connectivity index (χ2n) is 3.60. The maximum absolute atomic E-state index is 9.17. The van der Waals surface area contributed by atoms with Crippen molar-refractivity contribution in [1.82, 2.24) is 0 Å². The summed E-state index contributed by atoms with van der Waals surface area (Å²) in [4.78, 5) is 0. The molecule has 1 nitrogen and oxygen atoms in total. The molecule has 0 heterocycles. The van der Waals surface area contributed by atoms with Crippen LogP contribution in [0.3, 0.4) is 0 Å². The average molecular weight is 396 g/mol. The van der Waals surface area contributed by atoms with Gasteiger partial charge in [0.25, 0.3) is 0 Å². The van der Waals surface area contributed by atoms with Crippen LogP contribution in [0.5, 0.6) is 0 Å². The molecule has 0 rings (SSSR count). The molecule has 0 aromatic carbocycles. The van der Waals surface area contributed by atoms with Gasteiger partial charge in [-0.1, -0.05) is 65.5 Å². The molecule has 0 amide bonds. The first-order valence-electron chi connectivity index (χ1n) is 4.39. The molecular weight excluding hydrogens is 378 g/mol. The van der Waals surface area contributed by atoms with Crippen LogP contribution in [0.25, 0.3) is 0 Å². The van der Waals surface area contributed by atoms with Crippen LogP contribution in [0.1, 0.15) is 33.6 Å². The summed E-state index contributed by atoms with van der Waals surface area (Å²) in [5.74, 6) is 0.699. The zero-order valence-corrected chi connectivity index (χ0v) is 12.3. The maximum Gasteiger partial charge on any atom is 0.0584 e. The number of aliphatic hydroxyl groups is 1. The highest BCUT2D eigenvalue weighted by molar-refractivity contribution is 14.1. The molecule has 3 atom stereocenters. The summed E-state index contributed by atoms with van der Waals surface area (Å²) in [6, 6.07) is 0. The minimum absolute atomic E-state index is 0.0346. The molecule has 3 heteroatoms. The maximum atomic E-state index is 9.17. The second kappa shape index (κ2) is 6.01. The molecule has 0 aliphatic rings. The first-order valence-corrected chi connectivity index (χ1v) is 6.72. The van der Waals surface area contributed by atoms with Crippen LogP contribution in [0.15, 0.2) is 0 Å². The van der Waals surface area contributed by atoms with E-state index >= 15 is 0 Å². The van der Waals surface area contributed by atoms with Gasteiger partial charge in [0.2, 0.25) is 0 Å². The SMILES string of the molecule is CCCC(C)C(I)C(C)(I)CO. The van der Waals surface area contributed by atoms with Gasteiger partial charge in [0.05, 0.1) is 10.0 Å². The Balaban J connectivity index is 4.07. The number of rotatable bonds is 5. The molecule has 0 aromatic heterocycles. The minimum Gasteiger partial charge on any atom is -0.395 e. The highest BCUT2D eigenvalue weighted by Crippen LogP contribution is 2.35. The van der Waals surface area contributed by atoms with E-state index in [0.29, 0.717) is 9.84 Å². The minimum atomic E-state index is 0.0346. The van der Waals surface area contributed by atoms with Crippen LogP contribution in [-0.2, 0) is 0 Å². The van der Waals surface area contributed by atoms with Crippen molar-refractivity contribution >= 4 is 45.2 Å². The fraction of sp³-hybridized carbons (Fsp3) is 1.00. The van der Waals surface area contributed by atoms with Crippen molar-refractivity contribution in [2.45, 2.75) is 41.0 Å². The Bertz CT molecular complexity index is 126. The molecule has 0 aliphatic heterocycles. The monoisotopic (exact) mass is 396 g/mol. The first kappa shape index (κ1) is 13.4. The van der Waals surface area contributed by atoms with Gasteiger partial charge in [-0.25, -0.2) is 0 Å². The molecule has 0 aliphatic carbocycles. The van der Waals surface area contributed by atoms with Crippen LogP contribution < -0.4 is 0 Å². The van der Waals surface area contributed by atoms with Gasteiger partial charge in [-0.3, -0.25) is 0 Å². The van der Waals surface area contributed by atoms with Gasteiger partial charge in [0.15, 0.2) is 0 Å². The van der Waals surface area contributed by atoms with Gasteiger partial charge in [0.1, 0.15) is 0 Å². The lowest BCUT2D eigenvalue weighted by atomic mass is 9.94. The van der Waals surface area contributed by atoms with E-state index in [1.54, 1.807) is 0 Å². The fourth-order valence-electron chi connectivity index (χ4n) is 1.28. The van der Waals surface area contributed by atoms with Gasteiger partial charge in [0, 0.05) is 3.92 Å². The molecule has 0 aromatic rings. The van der Waals surface area contributed by atoms with Gasteiger partial charge in [-0.2, -0.15) is 0 Å². The summed E-state index contributed by atoms with van der Waals surface area (Å²) in [5.41, 5.74) is 0. The molecule has 0 bridgehead atoms. The van der Waals surface area contributed by atoms with E-state index in [2.05, 4.69) is 66.0 Å². The Morgan fingerprint density at radius 3 is 2.33 bits per heavy atom. The Labute approximate surface area is 103 Å². The van der Waals surface area contributed by atoms with Crippen molar-refractivity contribution in [1.29, 1.82) is 0 Å². The van der Waals surface area contributed by atoms with E-state index in [9.17, 15) is 0 Å². The molecule has 1 N–H and O–H groups in total. The Hall–Kier alpha value is 1.42. The summed E-state index contributed by atoms with van der Waals surface area (Å²) in [6.45, 7) is 6.88. The smallest absolute Gasteiger partial charge is 0.0584 e. The average Bonchev–Trinajstić information content (AvgIpc) is 2.03. The van der Waals surface area contributed by atoms with E-state index in [0.717, 1.165) is 0 Å². The molecule has 0 saturated heterocycles. The predicted octanol–water partition coefficient (Wildman–Crippen LogP) is 3.41. The van der Waals surface area contributed by atoms with Crippen molar-refractivity contribution in [2.75, 3.05) is 6.61 Å². The Kier molecular flexibility index (Phi) is 6.72. The number of halogens is 2. The lowest BCUT2D eigenvalue weighted by Crippen LogP contribution is -2.36. The van der Waals surface area contributed by atoms with Crippen molar-refractivity contribution in [3.8, 4) is 0 Å². The predicted molar refractivity (Wildman–Crippen MR) is 71.4 cm³/mol. The number of hydrogen-bond donors (Lipinski definition) is 1. The van der Waals surface area contributed by atoms with E-state index in [1.807, 2.05) is 0 Å². The molecule has 0 saturated carbocycles. The first-order chi connectivity index (χ1) is 5.45. The zero-order valence-electron chi connectivity index (χ0n) is 7.98. The van der Waals surface area contributed by atoms with E-state index < -0.39 is 0 Å². The van der Waals surface area contributed by atoms with Gasteiger partial charge < -0.3 is 5.11 Å². The lowest BCUT2D eigenvalue weighted by molar-refractivity contribution is 0.250. The normalized spacial score (nSPS) is 21.5. The molecule has 3 unspecified atom stereocenters. The van der Waals surface area contributed by atoms with Crippen LogP contribution >= 0.6 is 45.2 Å². The topological polar surface area (TPSA) is 20.2 Å². The van der Waals surface area contributed by atoms with Crippen molar-refractivity contribution in [3.63, 3.8) is 0 Å². The van der Waals surface area contributed by atoms with Crippen LogP contribution in [0.4, 0.5) is 0 Å². The van der Waals surface area contributed by atoms with Crippen LogP contribution in [0, 0.1) is 5.92 Å². The molecule has 12 heavy (non-hydrogen) atoms. The number of hydrogen-bond acceptors (Lipinski definition) is 1. The van der Waals surface area contributed by atoms with Crippen molar-refractivity contribution < 1.29 is 5.11 Å². The summed E-state index contributed by atoms with van der Waals surface area (Å²) >= 11 is 4.83. The third kappa shape index (κ3) is 4.09. The molecular formula is C9H18I2O. The summed E-state index contributed by atoms with van der Waals surface area (Å²) in [6.07, 6.45) is 2.49.